The zero-order valence-electron chi connectivity index (χ0n) is 18.8. The van der Waals surface area contributed by atoms with Crippen LogP contribution in [0.4, 0.5) is 4.79 Å². The Bertz CT molecular complexity index is 1080. The van der Waals surface area contributed by atoms with Crippen LogP contribution in [0.1, 0.15) is 49.1 Å². The van der Waals surface area contributed by atoms with Gasteiger partial charge in [0.1, 0.15) is 12.6 Å². The minimum atomic E-state index is -0.917. The Morgan fingerprint density at radius 2 is 1.71 bits per heavy atom. The molecular weight excluding hydrogens is 432 g/mol. The van der Waals surface area contributed by atoms with Crippen molar-refractivity contribution in [1.82, 2.24) is 10.6 Å². The van der Waals surface area contributed by atoms with Gasteiger partial charge < -0.3 is 20.5 Å². The van der Waals surface area contributed by atoms with E-state index < -0.39 is 18.1 Å². The van der Waals surface area contributed by atoms with Gasteiger partial charge in [0.2, 0.25) is 5.91 Å². The zero-order chi connectivity index (χ0) is 24.1. The molecule has 1 unspecified atom stereocenters. The molecule has 1 fully saturated rings. The van der Waals surface area contributed by atoms with Gasteiger partial charge in [-0.05, 0) is 47.4 Å². The van der Waals surface area contributed by atoms with Gasteiger partial charge >= 0.3 is 12.1 Å². The SMILES string of the molecule is C#CCC(NC(=O)OCC1c2ccccc2-c2ccccc21)C(=O)N[C@H]1CC[C@@H](CC(=O)O)C1. The number of alkyl carbamates (subject to hydrolysis) is 1. The van der Waals surface area contributed by atoms with Crippen molar-refractivity contribution in [2.24, 2.45) is 5.92 Å². The molecule has 0 radical (unpaired) electrons. The molecule has 0 heterocycles. The normalized spacial score (nSPS) is 19.4. The Balaban J connectivity index is 1.34. The molecule has 3 atom stereocenters. The summed E-state index contributed by atoms with van der Waals surface area (Å²) in [5.41, 5.74) is 4.47. The van der Waals surface area contributed by atoms with E-state index in [0.717, 1.165) is 28.7 Å². The number of carboxylic acids is 1. The molecule has 0 spiro atoms. The van der Waals surface area contributed by atoms with Gasteiger partial charge in [-0.25, -0.2) is 4.79 Å². The van der Waals surface area contributed by atoms with Crippen molar-refractivity contribution in [2.45, 2.75) is 50.1 Å². The van der Waals surface area contributed by atoms with E-state index in [1.807, 2.05) is 36.4 Å². The lowest BCUT2D eigenvalue weighted by atomic mass is 9.98. The third kappa shape index (κ3) is 5.23. The number of hydrogen-bond acceptors (Lipinski definition) is 4. The molecule has 176 valence electrons. The molecule has 7 heteroatoms. The van der Waals surface area contributed by atoms with Gasteiger partial charge in [-0.1, -0.05) is 48.5 Å². The highest BCUT2D eigenvalue weighted by Crippen LogP contribution is 2.44. The van der Waals surface area contributed by atoms with Crippen LogP contribution in [0.5, 0.6) is 0 Å². The van der Waals surface area contributed by atoms with Gasteiger partial charge in [-0.3, -0.25) is 9.59 Å². The molecule has 0 aliphatic heterocycles. The number of fused-ring (bicyclic) bond motifs is 3. The van der Waals surface area contributed by atoms with Crippen molar-refractivity contribution < 1.29 is 24.2 Å². The summed E-state index contributed by atoms with van der Waals surface area (Å²) >= 11 is 0. The Morgan fingerprint density at radius 1 is 1.06 bits per heavy atom. The average Bonchev–Trinajstić information content (AvgIpc) is 3.38. The Morgan fingerprint density at radius 3 is 2.32 bits per heavy atom. The van der Waals surface area contributed by atoms with E-state index in [0.29, 0.717) is 12.8 Å². The third-order valence-corrected chi connectivity index (χ3v) is 6.63. The number of benzene rings is 2. The number of hydrogen-bond donors (Lipinski definition) is 3. The maximum Gasteiger partial charge on any atom is 0.407 e. The molecule has 2 aromatic rings. The van der Waals surface area contributed by atoms with Crippen LogP contribution >= 0.6 is 0 Å². The molecule has 0 saturated heterocycles. The minimum absolute atomic E-state index is 0.0291. The van der Waals surface area contributed by atoms with Crippen LogP contribution in [0.3, 0.4) is 0 Å². The van der Waals surface area contributed by atoms with Crippen LogP contribution in [-0.2, 0) is 14.3 Å². The van der Waals surface area contributed by atoms with E-state index >= 15 is 0 Å². The standard InChI is InChI=1S/C27H28N2O5/c1-2-7-24(26(32)28-18-13-12-17(14-18)15-25(30)31)29-27(33)34-16-23-21-10-5-3-8-19(21)20-9-4-6-11-22(20)23/h1,3-6,8-11,17-18,23-24H,7,12-16H2,(H,28,32)(H,29,33)(H,30,31)/t17-,18+,24?/m1/s1. The van der Waals surface area contributed by atoms with Crippen LogP contribution in [0.15, 0.2) is 48.5 Å². The molecule has 7 nitrogen and oxygen atoms in total. The fourth-order valence-electron chi connectivity index (χ4n) is 5.05. The highest BCUT2D eigenvalue weighted by atomic mass is 16.5. The highest BCUT2D eigenvalue weighted by Gasteiger charge is 2.31. The number of nitrogens with one attached hydrogen (secondary N) is 2. The second kappa shape index (κ2) is 10.4. The summed E-state index contributed by atoms with van der Waals surface area (Å²) in [6, 6.07) is 15.1. The molecule has 0 aromatic heterocycles. The number of rotatable bonds is 8. The highest BCUT2D eigenvalue weighted by molar-refractivity contribution is 5.86. The van der Waals surface area contributed by atoms with Crippen molar-refractivity contribution in [1.29, 1.82) is 0 Å². The van der Waals surface area contributed by atoms with E-state index in [2.05, 4.69) is 28.7 Å². The van der Waals surface area contributed by atoms with Crippen LogP contribution < -0.4 is 10.6 Å². The van der Waals surface area contributed by atoms with Crippen molar-refractivity contribution in [3.63, 3.8) is 0 Å². The number of aliphatic carboxylic acids is 1. The van der Waals surface area contributed by atoms with Crippen molar-refractivity contribution >= 4 is 18.0 Å². The number of carbonyl (C=O) groups is 3. The minimum Gasteiger partial charge on any atom is -0.481 e. The van der Waals surface area contributed by atoms with E-state index in [1.54, 1.807) is 0 Å². The number of amides is 2. The lowest BCUT2D eigenvalue weighted by Gasteiger charge is -2.20. The number of carboxylic acid groups (broad SMARTS) is 1. The lowest BCUT2D eigenvalue weighted by Crippen LogP contribution is -2.49. The maximum atomic E-state index is 12.7. The van der Waals surface area contributed by atoms with E-state index in [-0.39, 0.29) is 43.2 Å². The fourth-order valence-corrected chi connectivity index (χ4v) is 5.05. The molecule has 0 bridgehead atoms. The number of terminal acetylenes is 1. The summed E-state index contributed by atoms with van der Waals surface area (Å²) in [5.74, 6) is 1.18. The molecule has 2 aliphatic carbocycles. The summed E-state index contributed by atoms with van der Waals surface area (Å²) in [6.45, 7) is 0.143. The van der Waals surface area contributed by atoms with Crippen molar-refractivity contribution in [2.75, 3.05) is 6.61 Å². The smallest absolute Gasteiger partial charge is 0.407 e. The second-order valence-electron chi connectivity index (χ2n) is 8.91. The summed E-state index contributed by atoms with van der Waals surface area (Å²) < 4.78 is 5.53. The maximum absolute atomic E-state index is 12.7. The topological polar surface area (TPSA) is 105 Å². The van der Waals surface area contributed by atoms with E-state index in [9.17, 15) is 14.4 Å². The Hall–Kier alpha value is -3.79. The Kier molecular flexibility index (Phi) is 7.17. The van der Waals surface area contributed by atoms with E-state index in [4.69, 9.17) is 16.3 Å². The molecule has 2 aromatic carbocycles. The fraction of sp³-hybridized carbons (Fsp3) is 0.370. The molecule has 2 amide bonds. The Labute approximate surface area is 198 Å². The first kappa shape index (κ1) is 23.4. The summed E-state index contributed by atoms with van der Waals surface area (Å²) in [4.78, 5) is 36.2. The lowest BCUT2D eigenvalue weighted by molar-refractivity contribution is -0.138. The molecule has 4 rings (SSSR count). The molecule has 34 heavy (non-hydrogen) atoms. The van der Waals surface area contributed by atoms with Gasteiger partial charge in [-0.15, -0.1) is 12.3 Å². The molecular formula is C27H28N2O5. The monoisotopic (exact) mass is 460 g/mol. The first-order valence-corrected chi connectivity index (χ1v) is 11.5. The first-order chi connectivity index (χ1) is 16.5. The third-order valence-electron chi connectivity index (χ3n) is 6.63. The second-order valence-corrected chi connectivity index (χ2v) is 8.91. The summed E-state index contributed by atoms with van der Waals surface area (Å²) in [5, 5.41) is 14.5. The van der Waals surface area contributed by atoms with Gasteiger partial charge in [-0.2, -0.15) is 0 Å². The van der Waals surface area contributed by atoms with Gasteiger partial charge in [0.05, 0.1) is 0 Å². The number of carbonyl (C=O) groups excluding carboxylic acids is 2. The molecule has 2 aliphatic rings. The van der Waals surface area contributed by atoms with Crippen LogP contribution in [0.2, 0.25) is 0 Å². The van der Waals surface area contributed by atoms with Crippen LogP contribution in [0, 0.1) is 18.3 Å². The summed E-state index contributed by atoms with van der Waals surface area (Å²) in [7, 11) is 0. The van der Waals surface area contributed by atoms with Crippen molar-refractivity contribution in [3.05, 3.63) is 59.7 Å². The van der Waals surface area contributed by atoms with Crippen LogP contribution in [-0.4, -0.2) is 41.8 Å². The molecule has 1 saturated carbocycles. The predicted molar refractivity (Wildman–Crippen MR) is 127 cm³/mol. The number of ether oxygens (including phenoxy) is 1. The first-order valence-electron chi connectivity index (χ1n) is 11.5. The van der Waals surface area contributed by atoms with Crippen molar-refractivity contribution in [3.8, 4) is 23.5 Å². The summed E-state index contributed by atoms with van der Waals surface area (Å²) in [6.07, 6.45) is 6.90. The average molecular weight is 461 g/mol. The van der Waals surface area contributed by atoms with E-state index in [1.165, 1.54) is 0 Å². The zero-order valence-corrected chi connectivity index (χ0v) is 18.8. The predicted octanol–water partition coefficient (Wildman–Crippen LogP) is 3.68. The van der Waals surface area contributed by atoms with Gasteiger partial charge in [0, 0.05) is 24.8 Å². The van der Waals surface area contributed by atoms with Gasteiger partial charge in [0.15, 0.2) is 0 Å². The van der Waals surface area contributed by atoms with Crippen LogP contribution in [0.25, 0.3) is 11.1 Å². The largest absolute Gasteiger partial charge is 0.481 e. The molecule has 3 N–H and O–H groups in total. The quantitative estimate of drug-likeness (QED) is 0.522. The van der Waals surface area contributed by atoms with Gasteiger partial charge in [0.25, 0.3) is 0 Å².